The molecule has 3 nitrogen and oxygen atoms in total. The molecule has 0 unspecified atom stereocenters. The molecule has 2 aliphatic rings. The van der Waals surface area contributed by atoms with Crippen LogP contribution in [0.3, 0.4) is 0 Å². The molecular weight excluding hydrogens is 200 g/mol. The van der Waals surface area contributed by atoms with Crippen molar-refractivity contribution in [1.29, 1.82) is 0 Å². The molecule has 0 aromatic heterocycles. The Kier molecular flexibility index (Phi) is 3.85. The normalized spacial score (nSPS) is 26.0. The lowest BCUT2D eigenvalue weighted by atomic mass is 9.93. The third kappa shape index (κ3) is 2.76. The van der Waals surface area contributed by atoms with Crippen molar-refractivity contribution < 1.29 is 4.79 Å². The van der Waals surface area contributed by atoms with Crippen LogP contribution in [-0.4, -0.2) is 48.9 Å². The SMILES string of the molecule is CC1CCN(C(=O)C2CCN(C)CC2)CC1. The maximum Gasteiger partial charge on any atom is 0.225 e. The zero-order chi connectivity index (χ0) is 11.5. The first kappa shape index (κ1) is 11.9. The number of hydrogen-bond donors (Lipinski definition) is 0. The summed E-state index contributed by atoms with van der Waals surface area (Å²) in [5.41, 5.74) is 0. The van der Waals surface area contributed by atoms with E-state index in [1.54, 1.807) is 0 Å². The van der Waals surface area contributed by atoms with Crippen LogP contribution in [0.25, 0.3) is 0 Å². The summed E-state index contributed by atoms with van der Waals surface area (Å²) in [7, 11) is 2.14. The van der Waals surface area contributed by atoms with Gasteiger partial charge in [0.05, 0.1) is 0 Å². The molecule has 2 fully saturated rings. The molecule has 16 heavy (non-hydrogen) atoms. The minimum absolute atomic E-state index is 0.310. The number of carbonyl (C=O) groups is 1. The van der Waals surface area contributed by atoms with Gasteiger partial charge in [-0.05, 0) is 51.7 Å². The average molecular weight is 224 g/mol. The number of likely N-dealkylation sites (tertiary alicyclic amines) is 2. The lowest BCUT2D eigenvalue weighted by Crippen LogP contribution is -2.44. The molecule has 0 radical (unpaired) electrons. The average Bonchev–Trinajstić information content (AvgIpc) is 2.30. The van der Waals surface area contributed by atoms with Crippen molar-refractivity contribution in [3.8, 4) is 0 Å². The highest BCUT2D eigenvalue weighted by Gasteiger charge is 2.29. The monoisotopic (exact) mass is 224 g/mol. The van der Waals surface area contributed by atoms with Crippen molar-refractivity contribution in [3.05, 3.63) is 0 Å². The summed E-state index contributed by atoms with van der Waals surface area (Å²) in [4.78, 5) is 16.7. The van der Waals surface area contributed by atoms with Crippen molar-refractivity contribution in [2.45, 2.75) is 32.6 Å². The number of rotatable bonds is 1. The quantitative estimate of drug-likeness (QED) is 0.675. The van der Waals surface area contributed by atoms with Crippen LogP contribution < -0.4 is 0 Å². The van der Waals surface area contributed by atoms with E-state index in [-0.39, 0.29) is 0 Å². The number of piperidine rings is 2. The Morgan fingerprint density at radius 2 is 1.56 bits per heavy atom. The van der Waals surface area contributed by atoms with Gasteiger partial charge in [-0.25, -0.2) is 0 Å². The molecule has 0 aromatic rings. The summed E-state index contributed by atoms with van der Waals surface area (Å²) >= 11 is 0. The van der Waals surface area contributed by atoms with Crippen molar-refractivity contribution in [2.24, 2.45) is 11.8 Å². The van der Waals surface area contributed by atoms with Gasteiger partial charge in [0.25, 0.3) is 0 Å². The van der Waals surface area contributed by atoms with Crippen LogP contribution in [0.5, 0.6) is 0 Å². The first-order valence-corrected chi connectivity index (χ1v) is 6.64. The molecule has 0 atom stereocenters. The first-order valence-electron chi connectivity index (χ1n) is 6.64. The summed E-state index contributed by atoms with van der Waals surface area (Å²) in [5.74, 6) is 1.55. The van der Waals surface area contributed by atoms with Gasteiger partial charge in [0, 0.05) is 19.0 Å². The molecule has 0 bridgehead atoms. The second-order valence-corrected chi connectivity index (χ2v) is 5.59. The Balaban J connectivity index is 1.83. The van der Waals surface area contributed by atoms with Gasteiger partial charge in [-0.2, -0.15) is 0 Å². The van der Waals surface area contributed by atoms with Gasteiger partial charge in [-0.15, -0.1) is 0 Å². The zero-order valence-electron chi connectivity index (χ0n) is 10.6. The van der Waals surface area contributed by atoms with Gasteiger partial charge in [0.1, 0.15) is 0 Å². The largest absolute Gasteiger partial charge is 0.342 e. The Bertz CT molecular complexity index is 214. The standard InChI is InChI=1S/C13H24N2O/c1-11-3-9-15(10-4-11)13(16)12-5-7-14(2)8-6-12/h11-12H,3-10H2,1-2H3. The van der Waals surface area contributed by atoms with E-state index in [9.17, 15) is 4.79 Å². The molecule has 3 heteroatoms. The van der Waals surface area contributed by atoms with Crippen LogP contribution in [0.4, 0.5) is 0 Å². The third-order valence-electron chi connectivity index (χ3n) is 4.16. The smallest absolute Gasteiger partial charge is 0.225 e. The van der Waals surface area contributed by atoms with E-state index in [2.05, 4.69) is 23.8 Å². The van der Waals surface area contributed by atoms with E-state index >= 15 is 0 Å². The van der Waals surface area contributed by atoms with Gasteiger partial charge in [-0.3, -0.25) is 4.79 Å². The summed E-state index contributed by atoms with van der Waals surface area (Å²) in [6.45, 7) is 6.44. The van der Waals surface area contributed by atoms with E-state index in [0.29, 0.717) is 11.8 Å². The van der Waals surface area contributed by atoms with E-state index in [1.807, 2.05) is 0 Å². The summed E-state index contributed by atoms with van der Waals surface area (Å²) in [5, 5.41) is 0. The summed E-state index contributed by atoms with van der Waals surface area (Å²) in [6.07, 6.45) is 4.50. The van der Waals surface area contributed by atoms with Gasteiger partial charge < -0.3 is 9.80 Å². The molecule has 0 aromatic carbocycles. The van der Waals surface area contributed by atoms with Gasteiger partial charge in [0.2, 0.25) is 5.91 Å². The predicted molar refractivity (Wildman–Crippen MR) is 65.2 cm³/mol. The maximum absolute atomic E-state index is 12.3. The van der Waals surface area contributed by atoms with Gasteiger partial charge >= 0.3 is 0 Å². The van der Waals surface area contributed by atoms with Crippen LogP contribution in [0, 0.1) is 11.8 Å². The number of carbonyl (C=O) groups excluding carboxylic acids is 1. The molecular formula is C13H24N2O. The summed E-state index contributed by atoms with van der Waals surface area (Å²) in [6, 6.07) is 0. The molecule has 92 valence electrons. The number of hydrogen-bond acceptors (Lipinski definition) is 2. The van der Waals surface area contributed by atoms with Crippen molar-refractivity contribution in [2.75, 3.05) is 33.2 Å². The van der Waals surface area contributed by atoms with Crippen LogP contribution >= 0.6 is 0 Å². The molecule has 0 N–H and O–H groups in total. The zero-order valence-corrected chi connectivity index (χ0v) is 10.6. The molecule has 0 spiro atoms. The van der Waals surface area contributed by atoms with Crippen LogP contribution in [0.1, 0.15) is 32.6 Å². The summed E-state index contributed by atoms with van der Waals surface area (Å²) < 4.78 is 0. The topological polar surface area (TPSA) is 23.6 Å². The lowest BCUT2D eigenvalue weighted by Gasteiger charge is -2.35. The molecule has 0 aliphatic carbocycles. The van der Waals surface area contributed by atoms with E-state index in [4.69, 9.17) is 0 Å². The van der Waals surface area contributed by atoms with E-state index in [0.717, 1.165) is 44.9 Å². The number of amides is 1. The van der Waals surface area contributed by atoms with Crippen molar-refractivity contribution in [1.82, 2.24) is 9.80 Å². The van der Waals surface area contributed by atoms with Crippen LogP contribution in [0.15, 0.2) is 0 Å². The number of nitrogens with zero attached hydrogens (tertiary/aromatic N) is 2. The molecule has 2 aliphatic heterocycles. The minimum atomic E-state index is 0.310. The highest BCUT2D eigenvalue weighted by molar-refractivity contribution is 5.79. The third-order valence-corrected chi connectivity index (χ3v) is 4.16. The fourth-order valence-electron chi connectivity index (χ4n) is 2.74. The van der Waals surface area contributed by atoms with Crippen molar-refractivity contribution >= 4 is 5.91 Å². The fraction of sp³-hybridized carbons (Fsp3) is 0.923. The molecule has 2 rings (SSSR count). The highest BCUT2D eigenvalue weighted by Crippen LogP contribution is 2.22. The second-order valence-electron chi connectivity index (χ2n) is 5.59. The molecule has 2 heterocycles. The minimum Gasteiger partial charge on any atom is -0.342 e. The van der Waals surface area contributed by atoms with Crippen molar-refractivity contribution in [3.63, 3.8) is 0 Å². The molecule has 1 amide bonds. The Labute approximate surface area is 98.8 Å². The van der Waals surface area contributed by atoms with Gasteiger partial charge in [0.15, 0.2) is 0 Å². The van der Waals surface area contributed by atoms with Gasteiger partial charge in [-0.1, -0.05) is 6.92 Å². The molecule has 2 saturated heterocycles. The van der Waals surface area contributed by atoms with E-state index in [1.165, 1.54) is 12.8 Å². The Hall–Kier alpha value is -0.570. The fourth-order valence-corrected chi connectivity index (χ4v) is 2.74. The Morgan fingerprint density at radius 3 is 2.12 bits per heavy atom. The lowest BCUT2D eigenvalue weighted by molar-refractivity contribution is -0.138. The Morgan fingerprint density at radius 1 is 1.00 bits per heavy atom. The van der Waals surface area contributed by atoms with Crippen LogP contribution in [-0.2, 0) is 4.79 Å². The van der Waals surface area contributed by atoms with Crippen LogP contribution in [0.2, 0.25) is 0 Å². The molecule has 0 saturated carbocycles. The maximum atomic E-state index is 12.3. The first-order chi connectivity index (χ1) is 7.66. The predicted octanol–water partition coefficient (Wildman–Crippen LogP) is 1.59. The highest BCUT2D eigenvalue weighted by atomic mass is 16.2. The second kappa shape index (κ2) is 5.17. The van der Waals surface area contributed by atoms with E-state index < -0.39 is 0 Å².